The molecule has 1 saturated heterocycles. The van der Waals surface area contributed by atoms with E-state index in [9.17, 15) is 13.6 Å². The number of hydrogen-bond donors (Lipinski definition) is 2. The summed E-state index contributed by atoms with van der Waals surface area (Å²) >= 11 is 0. The van der Waals surface area contributed by atoms with Crippen molar-refractivity contribution in [1.29, 1.82) is 0 Å². The van der Waals surface area contributed by atoms with Crippen LogP contribution in [0.15, 0.2) is 59.5 Å². The van der Waals surface area contributed by atoms with E-state index < -0.39 is 11.8 Å². The highest BCUT2D eigenvalue weighted by Gasteiger charge is 2.26. The largest absolute Gasteiger partial charge is 0.383 e. The molecule has 2 aromatic carbocycles. The van der Waals surface area contributed by atoms with Crippen LogP contribution in [0.1, 0.15) is 12.8 Å². The Kier molecular flexibility index (Phi) is 5.68. The summed E-state index contributed by atoms with van der Waals surface area (Å²) in [5.41, 5.74) is 8.81. The molecule has 0 radical (unpaired) electrons. The van der Waals surface area contributed by atoms with Gasteiger partial charge in [0.1, 0.15) is 11.6 Å². The Morgan fingerprint density at radius 3 is 2.36 bits per heavy atom. The molecule has 6 nitrogen and oxygen atoms in total. The van der Waals surface area contributed by atoms with Gasteiger partial charge in [-0.2, -0.15) is 4.39 Å². The van der Waals surface area contributed by atoms with E-state index in [0.717, 1.165) is 44.0 Å². The summed E-state index contributed by atoms with van der Waals surface area (Å²) in [6, 6.07) is 14.2. The van der Waals surface area contributed by atoms with Crippen LogP contribution in [0.5, 0.6) is 0 Å². The van der Waals surface area contributed by atoms with Crippen molar-refractivity contribution in [3.8, 4) is 22.3 Å². The number of aromatic amines is 1. The molecular formula is C28H27F2N5O. The second-order valence-corrected chi connectivity index (χ2v) is 9.76. The molecule has 1 aliphatic carbocycles. The van der Waals surface area contributed by atoms with Crippen molar-refractivity contribution in [2.24, 2.45) is 5.92 Å². The van der Waals surface area contributed by atoms with E-state index in [1.54, 1.807) is 18.2 Å². The minimum atomic E-state index is -0.666. The van der Waals surface area contributed by atoms with Gasteiger partial charge in [0.05, 0.1) is 0 Å². The molecule has 0 amide bonds. The Labute approximate surface area is 207 Å². The molecule has 4 aromatic rings. The van der Waals surface area contributed by atoms with Crippen molar-refractivity contribution in [3.63, 3.8) is 0 Å². The summed E-state index contributed by atoms with van der Waals surface area (Å²) in [7, 11) is 0. The lowest BCUT2D eigenvalue weighted by molar-refractivity contribution is 0.248. The average molecular weight is 488 g/mol. The van der Waals surface area contributed by atoms with Gasteiger partial charge in [0.15, 0.2) is 0 Å². The molecule has 3 heterocycles. The number of nitrogens with zero attached hydrogens (tertiary/aromatic N) is 3. The topological polar surface area (TPSA) is 78.2 Å². The fraction of sp³-hybridized carbons (Fsp3) is 0.286. The van der Waals surface area contributed by atoms with Crippen LogP contribution >= 0.6 is 0 Å². The fourth-order valence-electron chi connectivity index (χ4n) is 5.04. The van der Waals surface area contributed by atoms with Crippen LogP contribution in [0.25, 0.3) is 33.0 Å². The number of nitrogens with two attached hydrogens (primary N) is 1. The van der Waals surface area contributed by atoms with Gasteiger partial charge in [-0.25, -0.2) is 9.37 Å². The van der Waals surface area contributed by atoms with Crippen LogP contribution in [-0.2, 0) is 0 Å². The van der Waals surface area contributed by atoms with E-state index in [4.69, 9.17) is 5.73 Å². The Bertz CT molecular complexity index is 1490. The maximum atomic E-state index is 14.9. The number of benzene rings is 2. The van der Waals surface area contributed by atoms with E-state index in [2.05, 4.69) is 19.8 Å². The highest BCUT2D eigenvalue weighted by atomic mass is 19.1. The van der Waals surface area contributed by atoms with Gasteiger partial charge in [-0.05, 0) is 60.2 Å². The summed E-state index contributed by atoms with van der Waals surface area (Å²) in [5, 5.41) is 0.402. The number of pyridine rings is 2. The van der Waals surface area contributed by atoms with E-state index in [1.165, 1.54) is 25.5 Å². The zero-order valence-corrected chi connectivity index (χ0v) is 19.8. The van der Waals surface area contributed by atoms with Gasteiger partial charge in [0.2, 0.25) is 5.95 Å². The predicted octanol–water partition coefficient (Wildman–Crippen LogP) is 4.65. The molecule has 2 fully saturated rings. The van der Waals surface area contributed by atoms with Crippen LogP contribution in [-0.4, -0.2) is 47.6 Å². The van der Waals surface area contributed by atoms with E-state index in [0.29, 0.717) is 22.3 Å². The van der Waals surface area contributed by atoms with Gasteiger partial charge >= 0.3 is 0 Å². The summed E-state index contributed by atoms with van der Waals surface area (Å²) in [5.74, 6) is -0.313. The average Bonchev–Trinajstić information content (AvgIpc) is 3.71. The Morgan fingerprint density at radius 2 is 1.64 bits per heavy atom. The number of H-pyrrole nitrogens is 1. The first-order valence-corrected chi connectivity index (χ1v) is 12.3. The van der Waals surface area contributed by atoms with Crippen LogP contribution in [0.3, 0.4) is 0 Å². The van der Waals surface area contributed by atoms with Crippen molar-refractivity contribution in [2.75, 3.05) is 43.4 Å². The Hall–Kier alpha value is -3.78. The molecule has 3 N–H and O–H groups in total. The molecule has 0 bridgehead atoms. The summed E-state index contributed by atoms with van der Waals surface area (Å²) in [6.45, 7) is 5.32. The first-order chi connectivity index (χ1) is 17.5. The first kappa shape index (κ1) is 22.7. The van der Waals surface area contributed by atoms with Crippen LogP contribution in [0.2, 0.25) is 0 Å². The quantitative estimate of drug-likeness (QED) is 0.401. The van der Waals surface area contributed by atoms with Gasteiger partial charge in [-0.15, -0.1) is 0 Å². The Morgan fingerprint density at radius 1 is 0.917 bits per heavy atom. The minimum Gasteiger partial charge on any atom is -0.383 e. The maximum absolute atomic E-state index is 14.9. The number of fused-ring (bicyclic) bond motifs is 1. The number of aromatic nitrogens is 2. The lowest BCUT2D eigenvalue weighted by Gasteiger charge is -2.36. The second-order valence-electron chi connectivity index (χ2n) is 9.76. The smallest absolute Gasteiger partial charge is 0.256 e. The molecule has 8 heteroatoms. The van der Waals surface area contributed by atoms with Gasteiger partial charge in [0, 0.05) is 66.5 Å². The van der Waals surface area contributed by atoms with E-state index >= 15 is 0 Å². The molecular weight excluding hydrogens is 460 g/mol. The number of nitrogen functional groups attached to an aromatic ring is 1. The number of nitrogens with one attached hydrogen (secondary N) is 1. The number of hydrogen-bond acceptors (Lipinski definition) is 5. The molecule has 0 spiro atoms. The van der Waals surface area contributed by atoms with E-state index in [1.807, 2.05) is 24.3 Å². The summed E-state index contributed by atoms with van der Waals surface area (Å²) in [6.07, 6.45) is 3.77. The highest BCUT2D eigenvalue weighted by molar-refractivity contribution is 5.89. The number of rotatable bonds is 5. The molecule has 1 aliphatic heterocycles. The molecule has 2 aliphatic rings. The number of anilines is 2. The molecule has 0 atom stereocenters. The standard InChI is InChI=1S/C28H27F2N5O/c29-25-15-32-28(36)21-8-5-19(13-24(21)25)23-14-22(26(30)33-27(23)31)18-3-6-20(7-4-18)35-11-9-34(10-12-35)16-17-1-2-17/h3-8,13-15,17H,1-2,9-12,16H2,(H2,31,33)(H,32,36). The van der Waals surface area contributed by atoms with Gasteiger partial charge in [-0.3, -0.25) is 9.69 Å². The number of piperazine rings is 1. The van der Waals surface area contributed by atoms with Gasteiger partial charge in [-0.1, -0.05) is 18.2 Å². The predicted molar refractivity (Wildman–Crippen MR) is 139 cm³/mol. The van der Waals surface area contributed by atoms with Gasteiger partial charge < -0.3 is 15.6 Å². The normalized spacial score (nSPS) is 16.6. The SMILES string of the molecule is Nc1nc(F)c(-c2ccc(N3CCN(CC4CC4)CC3)cc2)cc1-c1ccc2c(=O)[nH]cc(F)c2c1. The lowest BCUT2D eigenvalue weighted by Crippen LogP contribution is -2.47. The molecule has 0 unspecified atom stereocenters. The third kappa shape index (κ3) is 4.33. The fourth-order valence-corrected chi connectivity index (χ4v) is 5.04. The molecule has 2 aromatic heterocycles. The van der Waals surface area contributed by atoms with Crippen LogP contribution in [0.4, 0.5) is 20.3 Å². The van der Waals surface area contributed by atoms with Gasteiger partial charge in [0.25, 0.3) is 5.56 Å². The van der Waals surface area contributed by atoms with Crippen molar-refractivity contribution in [3.05, 3.63) is 76.8 Å². The molecule has 6 rings (SSSR count). The Balaban J connectivity index is 1.27. The third-order valence-corrected chi connectivity index (χ3v) is 7.30. The van der Waals surface area contributed by atoms with Crippen molar-refractivity contribution >= 4 is 22.3 Å². The molecule has 36 heavy (non-hydrogen) atoms. The van der Waals surface area contributed by atoms with Crippen molar-refractivity contribution in [2.45, 2.75) is 12.8 Å². The van der Waals surface area contributed by atoms with Crippen molar-refractivity contribution in [1.82, 2.24) is 14.9 Å². The number of halogens is 2. The first-order valence-electron chi connectivity index (χ1n) is 12.3. The lowest BCUT2D eigenvalue weighted by atomic mass is 9.98. The summed E-state index contributed by atoms with van der Waals surface area (Å²) in [4.78, 5) is 23.2. The maximum Gasteiger partial charge on any atom is 0.256 e. The van der Waals surface area contributed by atoms with Crippen molar-refractivity contribution < 1.29 is 8.78 Å². The zero-order valence-electron chi connectivity index (χ0n) is 19.8. The minimum absolute atomic E-state index is 0.00142. The van der Waals surface area contributed by atoms with E-state index in [-0.39, 0.29) is 22.1 Å². The summed E-state index contributed by atoms with van der Waals surface area (Å²) < 4.78 is 29.3. The van der Waals surface area contributed by atoms with Crippen LogP contribution < -0.4 is 16.2 Å². The molecule has 1 saturated carbocycles. The third-order valence-electron chi connectivity index (χ3n) is 7.30. The highest BCUT2D eigenvalue weighted by Crippen LogP contribution is 2.34. The second kappa shape index (κ2) is 9.02. The molecule has 184 valence electrons. The monoisotopic (exact) mass is 487 g/mol. The van der Waals surface area contributed by atoms with Crippen LogP contribution in [0, 0.1) is 17.7 Å². The zero-order chi connectivity index (χ0) is 24.8.